The van der Waals surface area contributed by atoms with Crippen LogP contribution in [0.3, 0.4) is 0 Å². The van der Waals surface area contributed by atoms with Gasteiger partial charge in [0.05, 0.1) is 10.5 Å². The van der Waals surface area contributed by atoms with Crippen LogP contribution in [0.5, 0.6) is 5.75 Å². The Morgan fingerprint density at radius 2 is 2.06 bits per heavy atom. The molecule has 0 unspecified atom stereocenters. The van der Waals surface area contributed by atoms with Crippen molar-refractivity contribution in [2.45, 2.75) is 25.6 Å². The number of aryl methyl sites for hydroxylation is 1. The summed E-state index contributed by atoms with van der Waals surface area (Å²) < 4.78 is 0. The van der Waals surface area contributed by atoms with Crippen molar-refractivity contribution >= 4 is 39.1 Å². The quantitative estimate of drug-likeness (QED) is 0.659. The average molecular weight is 321 g/mol. The molecule has 0 radical (unpaired) electrons. The van der Waals surface area contributed by atoms with Crippen molar-refractivity contribution in [2.24, 2.45) is 5.92 Å². The number of halogens is 2. The van der Waals surface area contributed by atoms with Crippen LogP contribution in [0.25, 0.3) is 0 Å². The van der Waals surface area contributed by atoms with Crippen LogP contribution in [-0.4, -0.2) is 15.8 Å². The van der Waals surface area contributed by atoms with E-state index in [0.29, 0.717) is 16.3 Å². The molecule has 1 aromatic carbocycles. The van der Waals surface area contributed by atoms with E-state index in [1.807, 2.05) is 13.8 Å². The molecule has 0 aliphatic rings. The van der Waals surface area contributed by atoms with Crippen LogP contribution >= 0.6 is 27.5 Å². The van der Waals surface area contributed by atoms with E-state index < -0.39 is 0 Å². The van der Waals surface area contributed by atoms with Crippen LogP contribution in [0.4, 0.5) is 5.69 Å². The first-order chi connectivity index (χ1) is 7.82. The van der Waals surface area contributed by atoms with Gasteiger partial charge in [-0.2, -0.15) is 0 Å². The Morgan fingerprint density at radius 3 is 2.59 bits per heavy atom. The second-order valence-corrected chi connectivity index (χ2v) is 5.68. The molecule has 17 heavy (non-hydrogen) atoms. The molecule has 0 saturated carbocycles. The van der Waals surface area contributed by atoms with Crippen molar-refractivity contribution in [3.8, 4) is 5.75 Å². The molecular weight excluding hydrogens is 305 g/mol. The van der Waals surface area contributed by atoms with E-state index in [0.717, 1.165) is 0 Å². The highest BCUT2D eigenvalue weighted by Crippen LogP contribution is 2.31. The van der Waals surface area contributed by atoms with Crippen molar-refractivity contribution in [1.82, 2.24) is 0 Å². The van der Waals surface area contributed by atoms with E-state index in [1.165, 1.54) is 6.07 Å². The summed E-state index contributed by atoms with van der Waals surface area (Å²) in [5.74, 6) is 0.0144. The summed E-state index contributed by atoms with van der Waals surface area (Å²) in [5.41, 5.74) is 0.966. The predicted octanol–water partition coefficient (Wildman–Crippen LogP) is 3.71. The molecule has 1 rings (SSSR count). The monoisotopic (exact) mass is 319 g/mol. The van der Waals surface area contributed by atoms with Gasteiger partial charge in [0.1, 0.15) is 5.75 Å². The third kappa shape index (κ3) is 3.61. The fourth-order valence-corrected chi connectivity index (χ4v) is 1.72. The number of hydrogen-bond acceptors (Lipinski definition) is 2. The Morgan fingerprint density at radius 1 is 1.47 bits per heavy atom. The largest absolute Gasteiger partial charge is 0.505 e. The van der Waals surface area contributed by atoms with Crippen molar-refractivity contribution in [2.75, 3.05) is 5.32 Å². The van der Waals surface area contributed by atoms with Crippen LogP contribution in [0.15, 0.2) is 12.1 Å². The maximum atomic E-state index is 11.8. The van der Waals surface area contributed by atoms with Gasteiger partial charge >= 0.3 is 0 Å². The minimum absolute atomic E-state index is 0.0474. The van der Waals surface area contributed by atoms with Gasteiger partial charge in [0.2, 0.25) is 5.91 Å². The first-order valence-electron chi connectivity index (χ1n) is 5.27. The van der Waals surface area contributed by atoms with E-state index in [4.69, 9.17) is 11.6 Å². The molecule has 3 nitrogen and oxygen atoms in total. The molecule has 2 N–H and O–H groups in total. The fraction of sp³-hybridized carbons (Fsp3) is 0.417. The third-order valence-corrected chi connectivity index (χ3v) is 4.05. The number of phenolic OH excluding ortho intramolecular Hbond substituents is 1. The molecule has 94 valence electrons. The Balaban J connectivity index is 2.92. The number of carbonyl (C=O) groups excluding carboxylic acids is 1. The van der Waals surface area contributed by atoms with Gasteiger partial charge < -0.3 is 10.4 Å². The first kappa shape index (κ1) is 14.3. The zero-order chi connectivity index (χ0) is 13.2. The zero-order valence-corrected chi connectivity index (χ0v) is 12.3. The molecule has 1 aromatic rings. The van der Waals surface area contributed by atoms with E-state index in [-0.39, 0.29) is 22.4 Å². The predicted molar refractivity (Wildman–Crippen MR) is 74.0 cm³/mol. The Kier molecular flexibility index (Phi) is 4.83. The summed E-state index contributed by atoms with van der Waals surface area (Å²) >= 11 is 9.17. The van der Waals surface area contributed by atoms with Crippen LogP contribution in [0.2, 0.25) is 5.02 Å². The number of rotatable bonds is 3. The van der Waals surface area contributed by atoms with E-state index in [9.17, 15) is 9.90 Å². The van der Waals surface area contributed by atoms with Crippen LogP contribution < -0.4 is 5.32 Å². The average Bonchev–Trinajstić information content (AvgIpc) is 2.23. The number of alkyl halides is 1. The maximum absolute atomic E-state index is 11.8. The fourth-order valence-electron chi connectivity index (χ4n) is 1.34. The van der Waals surface area contributed by atoms with Gasteiger partial charge in [-0.25, -0.2) is 0 Å². The second-order valence-electron chi connectivity index (χ2n) is 4.25. The van der Waals surface area contributed by atoms with Gasteiger partial charge in [0, 0.05) is 5.02 Å². The van der Waals surface area contributed by atoms with Gasteiger partial charge in [-0.15, -0.1) is 0 Å². The summed E-state index contributed by atoms with van der Waals surface area (Å²) in [6, 6.07) is 3.17. The molecule has 0 fully saturated rings. The molecule has 0 aromatic heterocycles. The van der Waals surface area contributed by atoms with Gasteiger partial charge in [0.25, 0.3) is 0 Å². The Bertz CT molecular complexity index is 435. The van der Waals surface area contributed by atoms with E-state index >= 15 is 0 Å². The van der Waals surface area contributed by atoms with Crippen molar-refractivity contribution in [3.05, 3.63) is 22.7 Å². The van der Waals surface area contributed by atoms with Crippen LogP contribution in [0, 0.1) is 12.8 Å². The molecule has 0 saturated heterocycles. The summed E-state index contributed by atoms with van der Waals surface area (Å²) in [5, 5.41) is 12.9. The molecule has 1 atom stereocenters. The SMILES string of the molecule is Cc1cc(Cl)cc(NC(=O)[C@H](Br)C(C)C)c1O. The normalized spacial score (nSPS) is 12.6. The Hall–Kier alpha value is -0.740. The molecule has 5 heteroatoms. The topological polar surface area (TPSA) is 49.3 Å². The van der Waals surface area contributed by atoms with Gasteiger partial charge in [-0.1, -0.05) is 41.4 Å². The lowest BCUT2D eigenvalue weighted by atomic mass is 10.1. The summed E-state index contributed by atoms with van der Waals surface area (Å²) in [4.78, 5) is 11.5. The van der Waals surface area contributed by atoms with Gasteiger partial charge in [-0.05, 0) is 30.5 Å². The maximum Gasteiger partial charge on any atom is 0.238 e. The standard InChI is InChI=1S/C12H15BrClNO2/c1-6(2)10(13)12(17)15-9-5-8(14)4-7(3)11(9)16/h4-6,10,16H,1-3H3,(H,15,17)/t10-/m1/s1. The van der Waals surface area contributed by atoms with Crippen molar-refractivity contribution < 1.29 is 9.90 Å². The number of nitrogens with one attached hydrogen (secondary N) is 1. The van der Waals surface area contributed by atoms with Crippen molar-refractivity contribution in [3.63, 3.8) is 0 Å². The van der Waals surface area contributed by atoms with Crippen LogP contribution in [-0.2, 0) is 4.79 Å². The van der Waals surface area contributed by atoms with E-state index in [2.05, 4.69) is 21.2 Å². The number of benzene rings is 1. The second kappa shape index (κ2) is 5.74. The minimum Gasteiger partial charge on any atom is -0.505 e. The number of anilines is 1. The summed E-state index contributed by atoms with van der Waals surface area (Å²) in [6.45, 7) is 5.59. The minimum atomic E-state index is -0.304. The highest BCUT2D eigenvalue weighted by Gasteiger charge is 2.20. The number of aromatic hydroxyl groups is 1. The molecule has 0 spiro atoms. The third-order valence-electron chi connectivity index (χ3n) is 2.36. The molecule has 0 aliphatic heterocycles. The summed E-state index contributed by atoms with van der Waals surface area (Å²) in [6.07, 6.45) is 0. The van der Waals surface area contributed by atoms with Crippen molar-refractivity contribution in [1.29, 1.82) is 0 Å². The van der Waals surface area contributed by atoms with Crippen LogP contribution in [0.1, 0.15) is 19.4 Å². The first-order valence-corrected chi connectivity index (χ1v) is 6.56. The Labute approximate surface area is 114 Å². The highest BCUT2D eigenvalue weighted by molar-refractivity contribution is 9.10. The number of carbonyl (C=O) groups is 1. The zero-order valence-electron chi connectivity index (χ0n) is 9.92. The highest BCUT2D eigenvalue weighted by atomic mass is 79.9. The molecule has 0 aliphatic carbocycles. The number of hydrogen-bond donors (Lipinski definition) is 2. The van der Waals surface area contributed by atoms with Gasteiger partial charge in [0.15, 0.2) is 0 Å². The molecule has 0 bridgehead atoms. The lowest BCUT2D eigenvalue weighted by molar-refractivity contribution is -0.116. The number of phenols is 1. The number of amides is 1. The lowest BCUT2D eigenvalue weighted by Gasteiger charge is -2.15. The summed E-state index contributed by atoms with van der Waals surface area (Å²) in [7, 11) is 0. The smallest absolute Gasteiger partial charge is 0.238 e. The lowest BCUT2D eigenvalue weighted by Crippen LogP contribution is -2.27. The van der Waals surface area contributed by atoms with E-state index in [1.54, 1.807) is 13.0 Å². The van der Waals surface area contributed by atoms with Gasteiger partial charge in [-0.3, -0.25) is 4.79 Å². The molecular formula is C12H15BrClNO2. The molecule has 1 amide bonds. The molecule has 0 heterocycles.